The van der Waals surface area contributed by atoms with Gasteiger partial charge in [-0.3, -0.25) is 19.4 Å². The maximum Gasteiger partial charge on any atom is 0.326 e. The summed E-state index contributed by atoms with van der Waals surface area (Å²) in [6.45, 7) is 0.455. The summed E-state index contributed by atoms with van der Waals surface area (Å²) in [6.07, 6.45) is 1.33. The number of carbonyl (C=O) groups excluding carboxylic acids is 3. The molecule has 2 rings (SSSR count). The van der Waals surface area contributed by atoms with Crippen molar-refractivity contribution < 1.29 is 32.7 Å². The van der Waals surface area contributed by atoms with Crippen LogP contribution in [0.3, 0.4) is 0 Å². The van der Waals surface area contributed by atoms with Crippen LogP contribution in [-0.4, -0.2) is 90.9 Å². The molecular formula is C23H32Cl2N6O7S. The lowest BCUT2D eigenvalue weighted by molar-refractivity contribution is -0.144. The van der Waals surface area contributed by atoms with Crippen molar-refractivity contribution in [3.05, 3.63) is 35.9 Å². The van der Waals surface area contributed by atoms with Gasteiger partial charge in [0.25, 0.3) is 0 Å². The quantitative estimate of drug-likeness (QED) is 0.105. The molecule has 1 heterocycles. The Labute approximate surface area is 237 Å². The molecule has 13 nitrogen and oxygen atoms in total. The van der Waals surface area contributed by atoms with Gasteiger partial charge in [-0.25, -0.2) is 4.79 Å². The highest BCUT2D eigenvalue weighted by molar-refractivity contribution is 7.61. The van der Waals surface area contributed by atoms with E-state index in [4.69, 9.17) is 34.7 Å². The predicted octanol–water partition coefficient (Wildman–Crippen LogP) is 0.308. The average molecular weight is 608 g/mol. The third kappa shape index (κ3) is 12.9. The fraction of sp³-hybridized carbons (Fsp3) is 0.522. The molecule has 0 aromatic heterocycles. The molecule has 0 bridgehead atoms. The van der Waals surface area contributed by atoms with Gasteiger partial charge in [0.05, 0.1) is 11.8 Å². The van der Waals surface area contributed by atoms with Gasteiger partial charge in [0, 0.05) is 19.5 Å². The minimum absolute atomic E-state index is 0.0312. The highest BCUT2D eigenvalue weighted by atomic mass is 35.5. The Balaban J connectivity index is 0.00000113. The second-order valence-corrected chi connectivity index (χ2v) is 9.55. The molecule has 1 fully saturated rings. The summed E-state index contributed by atoms with van der Waals surface area (Å²) in [4.78, 5) is 52.5. The Morgan fingerprint density at radius 1 is 1.13 bits per heavy atom. The number of amides is 2. The van der Waals surface area contributed by atoms with Crippen molar-refractivity contribution in [2.75, 3.05) is 24.8 Å². The lowest BCUT2D eigenvalue weighted by atomic mass is 10.0. The topological polar surface area (TPSA) is 215 Å². The number of rotatable bonds is 13. The van der Waals surface area contributed by atoms with Crippen molar-refractivity contribution >= 4 is 63.2 Å². The molecule has 1 aromatic rings. The third-order valence-corrected chi connectivity index (χ3v) is 6.49. The summed E-state index contributed by atoms with van der Waals surface area (Å²) in [7, 11) is -2.81. The number of hydrogen-bond acceptors (Lipinski definition) is 8. The van der Waals surface area contributed by atoms with Gasteiger partial charge in [-0.15, -0.1) is 23.2 Å². The number of carboxylic acid groups (broad SMARTS) is 1. The van der Waals surface area contributed by atoms with Gasteiger partial charge in [0.1, 0.15) is 18.1 Å². The van der Waals surface area contributed by atoms with Crippen molar-refractivity contribution in [1.82, 2.24) is 10.2 Å². The van der Waals surface area contributed by atoms with E-state index in [0.717, 1.165) is 5.56 Å². The van der Waals surface area contributed by atoms with Crippen molar-refractivity contribution in [3.8, 4) is 0 Å². The Kier molecular flexibility index (Phi) is 15.7. The minimum atomic E-state index is -2.81. The standard InChI is InChI=1S/C20H28N6O6S.C3H4Cl2O/c21-20(22)23-10-4-8-14(19(29)30)24-17(27)16-9-5-11-26(16)18(28)15(25-33(31)32)12-13-6-2-1-3-7-13;4-1-3(6)2-5/h1-3,6-7,14-16H,4-5,8-12H2,(H,24,27)(H,29,30)(H4,21,22,23);1-2H2/t14-,15+,16-;/m0./s1. The van der Waals surface area contributed by atoms with Crippen LogP contribution in [0.25, 0.3) is 0 Å². The molecule has 0 saturated carbocycles. The number of carboxylic acids is 1. The van der Waals surface area contributed by atoms with Crippen LogP contribution in [0, 0.1) is 0 Å². The van der Waals surface area contributed by atoms with E-state index in [1.165, 1.54) is 4.90 Å². The number of guanidine groups is 1. The van der Waals surface area contributed by atoms with E-state index in [1.807, 2.05) is 0 Å². The highest BCUT2D eigenvalue weighted by Gasteiger charge is 2.38. The highest BCUT2D eigenvalue weighted by Crippen LogP contribution is 2.21. The number of carbonyl (C=O) groups is 4. The number of benzene rings is 1. The Bertz CT molecular complexity index is 1130. The molecule has 0 unspecified atom stereocenters. The van der Waals surface area contributed by atoms with E-state index < -0.39 is 46.4 Å². The van der Waals surface area contributed by atoms with E-state index in [9.17, 15) is 32.7 Å². The summed E-state index contributed by atoms with van der Waals surface area (Å²) in [6, 6.07) is 5.50. The Morgan fingerprint density at radius 2 is 1.77 bits per heavy atom. The average Bonchev–Trinajstić information content (AvgIpc) is 3.39. The number of nitrogens with zero attached hydrogens (tertiary/aromatic N) is 3. The summed E-state index contributed by atoms with van der Waals surface area (Å²) in [5.41, 5.74) is 11.2. The zero-order valence-corrected chi connectivity index (χ0v) is 23.4. The van der Waals surface area contributed by atoms with Crippen LogP contribution < -0.4 is 16.8 Å². The molecule has 1 saturated heterocycles. The predicted molar refractivity (Wildman–Crippen MR) is 146 cm³/mol. The molecule has 0 radical (unpaired) electrons. The smallest absolute Gasteiger partial charge is 0.326 e. The van der Waals surface area contributed by atoms with Crippen LogP contribution >= 0.6 is 23.2 Å². The van der Waals surface area contributed by atoms with Crippen molar-refractivity contribution in [2.24, 2.45) is 20.8 Å². The molecule has 16 heteroatoms. The summed E-state index contributed by atoms with van der Waals surface area (Å²) in [5.74, 6) is -2.61. The van der Waals surface area contributed by atoms with Crippen LogP contribution in [0.2, 0.25) is 0 Å². The third-order valence-electron chi connectivity index (χ3n) is 5.47. The molecule has 1 aliphatic rings. The van der Waals surface area contributed by atoms with Gasteiger partial charge in [-0.05, 0) is 31.2 Å². The molecule has 0 spiro atoms. The number of aliphatic carboxylic acids is 1. The maximum absolute atomic E-state index is 13.1. The number of aliphatic imine (C=N–C) groups is 1. The number of hydrogen-bond donors (Lipinski definition) is 4. The van der Waals surface area contributed by atoms with Crippen LogP contribution in [0.15, 0.2) is 39.7 Å². The molecule has 6 N–H and O–H groups in total. The van der Waals surface area contributed by atoms with Crippen molar-refractivity contribution in [1.29, 1.82) is 0 Å². The van der Waals surface area contributed by atoms with Gasteiger partial charge < -0.3 is 26.8 Å². The fourth-order valence-electron chi connectivity index (χ4n) is 3.67. The van der Waals surface area contributed by atoms with Gasteiger partial charge in [0.2, 0.25) is 11.8 Å². The first-order valence-electron chi connectivity index (χ1n) is 11.9. The van der Waals surface area contributed by atoms with Crippen LogP contribution in [0.1, 0.15) is 31.2 Å². The molecule has 3 atom stereocenters. The van der Waals surface area contributed by atoms with Gasteiger partial charge in [0.15, 0.2) is 11.7 Å². The van der Waals surface area contributed by atoms with Crippen molar-refractivity contribution in [3.63, 3.8) is 0 Å². The van der Waals surface area contributed by atoms with Gasteiger partial charge in [-0.2, -0.15) is 12.8 Å². The Hall–Kier alpha value is -3.23. The second-order valence-electron chi connectivity index (χ2n) is 8.37. The lowest BCUT2D eigenvalue weighted by Crippen LogP contribution is -2.52. The zero-order valence-electron chi connectivity index (χ0n) is 21.0. The number of likely N-dealkylation sites (tertiary alicyclic amines) is 1. The monoisotopic (exact) mass is 606 g/mol. The Morgan fingerprint density at radius 3 is 2.28 bits per heavy atom. The second kappa shape index (κ2) is 18.1. The largest absolute Gasteiger partial charge is 0.480 e. The lowest BCUT2D eigenvalue weighted by Gasteiger charge is -2.27. The first kappa shape index (κ1) is 33.8. The molecule has 2 amide bonds. The van der Waals surface area contributed by atoms with Gasteiger partial charge in [-0.1, -0.05) is 30.3 Å². The van der Waals surface area contributed by atoms with Gasteiger partial charge >= 0.3 is 16.5 Å². The first-order chi connectivity index (χ1) is 18.5. The number of Topliss-reactive ketones (excluding diaryl/α,β-unsaturated/α-hetero) is 1. The number of alkyl halides is 2. The normalized spacial score (nSPS) is 15.6. The molecule has 1 aromatic carbocycles. The number of halogens is 2. The van der Waals surface area contributed by atoms with E-state index >= 15 is 0 Å². The summed E-state index contributed by atoms with van der Waals surface area (Å²) < 4.78 is 26.0. The molecule has 39 heavy (non-hydrogen) atoms. The van der Waals surface area contributed by atoms with E-state index in [1.54, 1.807) is 30.3 Å². The molecule has 216 valence electrons. The first-order valence-corrected chi connectivity index (χ1v) is 14.0. The minimum Gasteiger partial charge on any atom is -0.480 e. The van der Waals surface area contributed by atoms with Crippen LogP contribution in [0.4, 0.5) is 0 Å². The number of nitrogens with two attached hydrogens (primary N) is 2. The SMILES string of the molecule is NC(N)=NCCC[C@H](NC(=O)[C@@H]1CCCN1C(=O)[C@@H](Cc1ccccc1)N=S(=O)=O)C(=O)O.O=C(CCl)CCl. The number of nitrogens with one attached hydrogen (secondary N) is 1. The van der Waals surface area contributed by atoms with E-state index in [0.29, 0.717) is 19.3 Å². The summed E-state index contributed by atoms with van der Waals surface area (Å²) in [5, 5.41) is 11.9. The van der Waals surface area contributed by atoms with Crippen molar-refractivity contribution in [2.45, 2.75) is 50.2 Å². The fourth-order valence-corrected chi connectivity index (χ4v) is 4.33. The van der Waals surface area contributed by atoms with Crippen LogP contribution in [-0.2, 0) is 36.1 Å². The van der Waals surface area contributed by atoms with Crippen LogP contribution in [0.5, 0.6) is 0 Å². The maximum atomic E-state index is 13.1. The molecular weight excluding hydrogens is 575 g/mol. The zero-order chi connectivity index (χ0) is 29.4. The molecule has 1 aliphatic heterocycles. The van der Waals surface area contributed by atoms with E-state index in [2.05, 4.69) is 14.7 Å². The molecule has 0 aliphatic carbocycles. The van der Waals surface area contributed by atoms with E-state index in [-0.39, 0.29) is 49.4 Å². The number of ketones is 1. The summed E-state index contributed by atoms with van der Waals surface area (Å²) >= 11 is 10.0.